The van der Waals surface area contributed by atoms with Crippen LogP contribution in [0, 0.1) is 11.3 Å². The lowest BCUT2D eigenvalue weighted by molar-refractivity contribution is -0.120. The number of carbonyl (C=O) groups excluding carboxylic acids is 1. The van der Waals surface area contributed by atoms with Crippen LogP contribution in [0.2, 0.25) is 0 Å². The van der Waals surface area contributed by atoms with Crippen LogP contribution in [0.3, 0.4) is 0 Å². The van der Waals surface area contributed by atoms with E-state index in [0.717, 1.165) is 25.9 Å². The molecule has 1 unspecified atom stereocenters. The molecule has 1 heterocycles. The van der Waals surface area contributed by atoms with E-state index in [1.165, 1.54) is 0 Å². The second kappa shape index (κ2) is 3.84. The summed E-state index contributed by atoms with van der Waals surface area (Å²) in [6.45, 7) is 6.36. The minimum atomic E-state index is 0.183. The molecule has 0 bridgehead atoms. The summed E-state index contributed by atoms with van der Waals surface area (Å²) in [4.78, 5) is 14.0. The van der Waals surface area contributed by atoms with Gasteiger partial charge in [-0.2, -0.15) is 0 Å². The monoisotopic (exact) mass is 205 g/mol. The summed E-state index contributed by atoms with van der Waals surface area (Å²) in [6, 6.07) is 0. The van der Waals surface area contributed by atoms with Crippen LogP contribution in [0.1, 0.15) is 26.7 Å². The first kappa shape index (κ1) is 10.5. The Hall–Kier alpha value is -1.05. The van der Waals surface area contributed by atoms with Crippen LogP contribution in [0.5, 0.6) is 0 Å². The Balaban J connectivity index is 2.00. The molecule has 0 saturated carbocycles. The van der Waals surface area contributed by atoms with Gasteiger partial charge in [0, 0.05) is 19.0 Å². The number of allylic oxidation sites excluding steroid dienone is 2. The highest BCUT2D eigenvalue weighted by molar-refractivity contribution is 5.93. The molecule has 0 fully saturated rings. The van der Waals surface area contributed by atoms with Crippen LogP contribution in [-0.4, -0.2) is 23.8 Å². The molecule has 1 atom stereocenters. The van der Waals surface area contributed by atoms with Gasteiger partial charge in [-0.3, -0.25) is 4.79 Å². The van der Waals surface area contributed by atoms with E-state index in [0.29, 0.717) is 5.78 Å². The lowest BCUT2D eigenvalue weighted by atomic mass is 9.76. The van der Waals surface area contributed by atoms with Gasteiger partial charge in [0.05, 0.1) is 0 Å². The lowest BCUT2D eigenvalue weighted by Gasteiger charge is -2.31. The molecular formula is C13H19NO. The Labute approximate surface area is 91.6 Å². The minimum Gasteiger partial charge on any atom is -0.377 e. The summed E-state index contributed by atoms with van der Waals surface area (Å²) in [5.74, 6) is 0.488. The maximum absolute atomic E-state index is 11.7. The smallest absolute Gasteiger partial charge is 0.160 e. The quantitative estimate of drug-likeness (QED) is 0.690. The van der Waals surface area contributed by atoms with E-state index in [-0.39, 0.29) is 11.3 Å². The van der Waals surface area contributed by atoms with Crippen LogP contribution >= 0.6 is 0 Å². The summed E-state index contributed by atoms with van der Waals surface area (Å²) in [5.41, 5.74) is 0.183. The predicted octanol–water partition coefficient (Wildman–Crippen LogP) is 2.38. The fourth-order valence-electron chi connectivity index (χ4n) is 2.38. The van der Waals surface area contributed by atoms with Gasteiger partial charge in [-0.1, -0.05) is 26.0 Å². The van der Waals surface area contributed by atoms with Crippen LogP contribution in [0.15, 0.2) is 24.4 Å². The highest BCUT2D eigenvalue weighted by Crippen LogP contribution is 2.32. The second-order valence-corrected chi connectivity index (χ2v) is 5.29. The highest BCUT2D eigenvalue weighted by atomic mass is 16.1. The fraction of sp³-hybridized carbons (Fsp3) is 0.615. The molecule has 2 nitrogen and oxygen atoms in total. The third-order valence-corrected chi connectivity index (χ3v) is 3.23. The maximum Gasteiger partial charge on any atom is 0.160 e. The second-order valence-electron chi connectivity index (χ2n) is 5.29. The van der Waals surface area contributed by atoms with Crippen molar-refractivity contribution in [2.45, 2.75) is 26.7 Å². The first-order chi connectivity index (χ1) is 7.07. The zero-order valence-corrected chi connectivity index (χ0v) is 9.57. The highest BCUT2D eigenvalue weighted by Gasteiger charge is 2.30. The molecule has 0 aromatic carbocycles. The first-order valence-corrected chi connectivity index (χ1v) is 5.71. The Morgan fingerprint density at radius 2 is 2.33 bits per heavy atom. The normalized spacial score (nSPS) is 28.8. The van der Waals surface area contributed by atoms with Crippen LogP contribution < -0.4 is 0 Å². The maximum atomic E-state index is 11.7. The third kappa shape index (κ3) is 2.49. The Morgan fingerprint density at radius 3 is 3.00 bits per heavy atom. The van der Waals surface area contributed by atoms with Gasteiger partial charge in [0.15, 0.2) is 5.78 Å². The molecule has 0 saturated heterocycles. The lowest BCUT2D eigenvalue weighted by Crippen LogP contribution is -2.33. The molecule has 1 aliphatic carbocycles. The van der Waals surface area contributed by atoms with Crippen molar-refractivity contribution < 1.29 is 4.79 Å². The molecule has 2 rings (SSSR count). The topological polar surface area (TPSA) is 20.3 Å². The molecule has 0 aromatic rings. The molecule has 2 heteroatoms. The largest absolute Gasteiger partial charge is 0.377 e. The van der Waals surface area contributed by atoms with Gasteiger partial charge in [0.25, 0.3) is 0 Å². The van der Waals surface area contributed by atoms with Gasteiger partial charge in [-0.15, -0.1) is 0 Å². The van der Waals surface area contributed by atoms with E-state index in [1.807, 2.05) is 6.08 Å². The van der Waals surface area contributed by atoms with Crippen molar-refractivity contribution in [1.29, 1.82) is 0 Å². The minimum absolute atomic E-state index is 0.183. The summed E-state index contributed by atoms with van der Waals surface area (Å²) in [6.07, 6.45) is 10.2. The number of hydrogen-bond acceptors (Lipinski definition) is 2. The van der Waals surface area contributed by atoms with E-state index in [1.54, 1.807) is 6.08 Å². The van der Waals surface area contributed by atoms with Gasteiger partial charge in [0.1, 0.15) is 0 Å². The molecule has 1 aliphatic heterocycles. The SMILES string of the molecule is CC1(C)C=CC(=O)C(CN2C=CCC2)C1. The van der Waals surface area contributed by atoms with Crippen molar-refractivity contribution in [3.05, 3.63) is 24.4 Å². The molecule has 82 valence electrons. The van der Waals surface area contributed by atoms with Crippen molar-refractivity contribution in [1.82, 2.24) is 4.90 Å². The number of hydrogen-bond donors (Lipinski definition) is 0. The van der Waals surface area contributed by atoms with E-state index in [9.17, 15) is 4.79 Å². The van der Waals surface area contributed by atoms with Crippen molar-refractivity contribution in [3.8, 4) is 0 Å². The summed E-state index contributed by atoms with van der Waals surface area (Å²) in [5, 5.41) is 0. The third-order valence-electron chi connectivity index (χ3n) is 3.23. The van der Waals surface area contributed by atoms with E-state index in [2.05, 4.69) is 31.0 Å². The predicted molar refractivity (Wildman–Crippen MR) is 61.4 cm³/mol. The van der Waals surface area contributed by atoms with E-state index >= 15 is 0 Å². The summed E-state index contributed by atoms with van der Waals surface area (Å²) < 4.78 is 0. The van der Waals surface area contributed by atoms with Gasteiger partial charge >= 0.3 is 0 Å². The molecule has 2 aliphatic rings. The van der Waals surface area contributed by atoms with Crippen molar-refractivity contribution in [3.63, 3.8) is 0 Å². The van der Waals surface area contributed by atoms with Crippen LogP contribution in [-0.2, 0) is 4.79 Å². The van der Waals surface area contributed by atoms with Crippen molar-refractivity contribution in [2.24, 2.45) is 11.3 Å². The first-order valence-electron chi connectivity index (χ1n) is 5.71. The molecule has 0 radical (unpaired) electrons. The number of carbonyl (C=O) groups is 1. The number of rotatable bonds is 2. The van der Waals surface area contributed by atoms with Crippen LogP contribution in [0.4, 0.5) is 0 Å². The van der Waals surface area contributed by atoms with Gasteiger partial charge in [0.2, 0.25) is 0 Å². The average Bonchev–Trinajstić information content (AvgIpc) is 2.64. The molecule has 0 spiro atoms. The Bertz CT molecular complexity index is 314. The van der Waals surface area contributed by atoms with Gasteiger partial charge < -0.3 is 4.90 Å². The number of ketones is 1. The standard InChI is InChI=1S/C13H19NO/c1-13(2)6-5-12(15)11(9-13)10-14-7-3-4-8-14/h3,5-7,11H,4,8-10H2,1-2H3. The molecule has 15 heavy (non-hydrogen) atoms. The van der Waals surface area contributed by atoms with Crippen molar-refractivity contribution >= 4 is 5.78 Å². The van der Waals surface area contributed by atoms with Gasteiger partial charge in [-0.25, -0.2) is 0 Å². The van der Waals surface area contributed by atoms with Crippen LogP contribution in [0.25, 0.3) is 0 Å². The average molecular weight is 205 g/mol. The summed E-state index contributed by atoms with van der Waals surface area (Å²) >= 11 is 0. The Morgan fingerprint density at radius 1 is 1.53 bits per heavy atom. The number of nitrogens with zero attached hydrogens (tertiary/aromatic N) is 1. The molecular weight excluding hydrogens is 186 g/mol. The van der Waals surface area contributed by atoms with E-state index in [4.69, 9.17) is 0 Å². The fourth-order valence-corrected chi connectivity index (χ4v) is 2.38. The summed E-state index contributed by atoms with van der Waals surface area (Å²) in [7, 11) is 0. The van der Waals surface area contributed by atoms with Gasteiger partial charge in [-0.05, 0) is 30.5 Å². The van der Waals surface area contributed by atoms with Crippen molar-refractivity contribution in [2.75, 3.05) is 13.1 Å². The Kier molecular flexibility index (Phi) is 2.68. The zero-order valence-electron chi connectivity index (χ0n) is 9.57. The van der Waals surface area contributed by atoms with E-state index < -0.39 is 0 Å². The zero-order chi connectivity index (χ0) is 10.9. The molecule has 0 aromatic heterocycles. The molecule has 0 amide bonds. The molecule has 0 N–H and O–H groups in total.